The van der Waals surface area contributed by atoms with Crippen LogP contribution in [0.4, 0.5) is 11.8 Å². The smallest absolute Gasteiger partial charge is 0.258 e. The zero-order chi connectivity index (χ0) is 28.0. The van der Waals surface area contributed by atoms with Gasteiger partial charge in [0.1, 0.15) is 11.6 Å². The van der Waals surface area contributed by atoms with Crippen LogP contribution in [0.5, 0.6) is 0 Å². The summed E-state index contributed by atoms with van der Waals surface area (Å²) < 4.78 is 0. The summed E-state index contributed by atoms with van der Waals surface area (Å²) in [6, 6.07) is 23.8. The minimum atomic E-state index is -0.164. The summed E-state index contributed by atoms with van der Waals surface area (Å²) in [4.78, 5) is 31.8. The van der Waals surface area contributed by atoms with Gasteiger partial charge in [0.05, 0.1) is 29.2 Å². The van der Waals surface area contributed by atoms with E-state index in [-0.39, 0.29) is 12.2 Å². The van der Waals surface area contributed by atoms with E-state index in [9.17, 15) is 9.90 Å². The van der Waals surface area contributed by atoms with Crippen molar-refractivity contribution >= 4 is 46.6 Å². The highest BCUT2D eigenvalue weighted by Gasteiger charge is 2.11. The van der Waals surface area contributed by atoms with Crippen LogP contribution in [0.25, 0.3) is 23.1 Å². The van der Waals surface area contributed by atoms with Crippen LogP contribution in [0.3, 0.4) is 0 Å². The van der Waals surface area contributed by atoms with Gasteiger partial charge in [0.2, 0.25) is 5.95 Å². The van der Waals surface area contributed by atoms with Crippen LogP contribution < -0.4 is 26.8 Å². The van der Waals surface area contributed by atoms with Crippen molar-refractivity contribution in [1.29, 1.82) is 0 Å². The number of para-hydroxylation sites is 1. The lowest BCUT2D eigenvalue weighted by Gasteiger charge is -2.14. The van der Waals surface area contributed by atoms with Gasteiger partial charge < -0.3 is 20.7 Å². The van der Waals surface area contributed by atoms with E-state index in [4.69, 9.17) is 9.97 Å². The van der Waals surface area contributed by atoms with Crippen LogP contribution in [-0.2, 0) is 19.7 Å². The molecule has 4 N–H and O–H groups in total. The van der Waals surface area contributed by atoms with E-state index in [0.717, 1.165) is 38.2 Å². The van der Waals surface area contributed by atoms with Crippen molar-refractivity contribution in [2.45, 2.75) is 35.9 Å². The van der Waals surface area contributed by atoms with E-state index in [0.29, 0.717) is 41.2 Å². The lowest BCUT2D eigenvalue weighted by Crippen LogP contribution is -2.44. The number of benzene rings is 3. The van der Waals surface area contributed by atoms with Gasteiger partial charge in [0.25, 0.3) is 5.56 Å². The van der Waals surface area contributed by atoms with Gasteiger partial charge in [-0.3, -0.25) is 4.79 Å². The number of nitrogens with one attached hydrogen (secondary N) is 3. The molecule has 0 atom stereocenters. The third-order valence-corrected chi connectivity index (χ3v) is 7.92. The minimum Gasteiger partial charge on any atom is -0.392 e. The van der Waals surface area contributed by atoms with E-state index in [1.165, 1.54) is 0 Å². The fourth-order valence-electron chi connectivity index (χ4n) is 4.61. The number of rotatable bonds is 9. The number of allylic oxidation sites excluding steroid dienone is 2. The number of fused-ring (bicyclic) bond motifs is 2. The third kappa shape index (κ3) is 6.06. The van der Waals surface area contributed by atoms with Crippen LogP contribution in [0.15, 0.2) is 99.5 Å². The second-order valence-corrected chi connectivity index (χ2v) is 10.5. The quantitative estimate of drug-likeness (QED) is 0.213. The molecule has 0 saturated heterocycles. The van der Waals surface area contributed by atoms with Crippen LogP contribution >= 0.6 is 11.8 Å². The first-order valence-electron chi connectivity index (χ1n) is 13.3. The number of anilines is 2. The molecule has 0 amide bonds. The first-order chi connectivity index (χ1) is 20.2. The lowest BCUT2D eigenvalue weighted by atomic mass is 10.2. The maximum Gasteiger partial charge on any atom is 0.258 e. The van der Waals surface area contributed by atoms with Crippen molar-refractivity contribution in [2.75, 3.05) is 10.6 Å². The number of hydrogen-bond donors (Lipinski definition) is 4. The fourth-order valence-corrected chi connectivity index (χ4v) is 5.67. The number of nitrogens with zero attached hydrogens (tertiary/aromatic N) is 3. The molecule has 3 aromatic carbocycles. The van der Waals surface area contributed by atoms with E-state index < -0.39 is 0 Å². The topological polar surface area (TPSA) is 116 Å². The number of aliphatic hydroxyl groups is 1. The first kappa shape index (κ1) is 26.5. The Morgan fingerprint density at radius 2 is 1.61 bits per heavy atom. The summed E-state index contributed by atoms with van der Waals surface area (Å²) in [6.45, 7) is 0.809. The predicted molar refractivity (Wildman–Crippen MR) is 164 cm³/mol. The first-order valence-corrected chi connectivity index (χ1v) is 14.1. The number of aromatic amines is 1. The molecule has 0 unspecified atom stereocenters. The third-order valence-electron chi connectivity index (χ3n) is 6.68. The summed E-state index contributed by atoms with van der Waals surface area (Å²) >= 11 is 1.63. The Labute approximate surface area is 240 Å². The molecule has 6 rings (SSSR count). The Bertz CT molecular complexity index is 1940. The molecular weight excluding hydrogens is 532 g/mol. The minimum absolute atomic E-state index is 0.00687. The average Bonchev–Trinajstić information content (AvgIpc) is 3.26. The van der Waals surface area contributed by atoms with E-state index in [1.807, 2.05) is 78.9 Å². The highest BCUT2D eigenvalue weighted by Crippen LogP contribution is 2.33. The summed E-state index contributed by atoms with van der Waals surface area (Å²) in [5.74, 6) is 1.66. The molecule has 0 saturated carbocycles. The molecule has 8 nitrogen and oxygen atoms in total. The highest BCUT2D eigenvalue weighted by atomic mass is 32.2. The highest BCUT2D eigenvalue weighted by molar-refractivity contribution is 7.99. The van der Waals surface area contributed by atoms with E-state index in [1.54, 1.807) is 17.8 Å². The molecule has 0 radical (unpaired) electrons. The summed E-state index contributed by atoms with van der Waals surface area (Å²) in [7, 11) is 0. The predicted octanol–water partition coefficient (Wildman–Crippen LogP) is 4.10. The Kier molecular flexibility index (Phi) is 7.88. The Morgan fingerprint density at radius 3 is 2.46 bits per heavy atom. The lowest BCUT2D eigenvalue weighted by molar-refractivity contribution is 0.279. The maximum absolute atomic E-state index is 12.7. The molecule has 5 aromatic rings. The van der Waals surface area contributed by atoms with Crippen molar-refractivity contribution in [3.8, 4) is 0 Å². The molecule has 1 aliphatic rings. The van der Waals surface area contributed by atoms with Gasteiger partial charge in [0.15, 0.2) is 0 Å². The Hall–Kier alpha value is -4.73. The number of aromatic nitrogens is 4. The molecule has 0 aliphatic heterocycles. The summed E-state index contributed by atoms with van der Waals surface area (Å²) in [6.07, 6.45) is 8.35. The van der Waals surface area contributed by atoms with E-state index in [2.05, 4.69) is 32.7 Å². The molecule has 9 heteroatoms. The van der Waals surface area contributed by atoms with Crippen LogP contribution in [0, 0.1) is 0 Å². The molecule has 1 aliphatic carbocycles. The second kappa shape index (κ2) is 12.2. The molecule has 0 fully saturated rings. The zero-order valence-corrected chi connectivity index (χ0v) is 23.0. The molecule has 2 aromatic heterocycles. The van der Waals surface area contributed by atoms with Gasteiger partial charge in [-0.15, -0.1) is 0 Å². The van der Waals surface area contributed by atoms with Gasteiger partial charge in [-0.2, -0.15) is 4.98 Å². The monoisotopic (exact) mass is 560 g/mol. The molecule has 0 bridgehead atoms. The molecule has 204 valence electrons. The number of H-pyrrole nitrogens is 1. The second-order valence-electron chi connectivity index (χ2n) is 9.44. The largest absolute Gasteiger partial charge is 0.392 e. The van der Waals surface area contributed by atoms with Crippen molar-refractivity contribution in [1.82, 2.24) is 19.9 Å². The van der Waals surface area contributed by atoms with Gasteiger partial charge in [0, 0.05) is 21.7 Å². The number of hydrogen-bond acceptors (Lipinski definition) is 8. The Morgan fingerprint density at radius 1 is 0.854 bits per heavy atom. The molecule has 41 heavy (non-hydrogen) atoms. The van der Waals surface area contributed by atoms with Crippen molar-refractivity contribution in [3.05, 3.63) is 123 Å². The Balaban J connectivity index is 1.24. The zero-order valence-electron chi connectivity index (χ0n) is 22.2. The number of aliphatic hydroxyl groups excluding tert-OH is 1. The van der Waals surface area contributed by atoms with Crippen LogP contribution in [-0.4, -0.2) is 25.0 Å². The summed E-state index contributed by atoms with van der Waals surface area (Å²) in [5, 5.41) is 18.6. The molecular formula is C32H28N6O2S. The van der Waals surface area contributed by atoms with Crippen LogP contribution in [0.1, 0.15) is 23.4 Å². The van der Waals surface area contributed by atoms with Gasteiger partial charge in [-0.25, -0.2) is 9.97 Å². The van der Waals surface area contributed by atoms with Gasteiger partial charge in [-0.05, 0) is 47.9 Å². The standard InChI is InChI=1S/C32H28N6O2S/c39-20-22-11-5-9-17-28(22)41-27-16-8-4-10-21(27)18-34-32-36-25-15-7-6-12-23(25)30(38-32)33-19-29-35-26-14-3-1-2-13-24(26)31(40)37-29/h1-2,4-17,39H,3,18-20H2,(H,35,37,40)(H2,33,34,36,38). The normalized spacial score (nSPS) is 12.2. The molecule has 0 spiro atoms. The maximum atomic E-state index is 12.7. The van der Waals surface area contributed by atoms with Crippen LogP contribution in [0.2, 0.25) is 0 Å². The van der Waals surface area contributed by atoms with Gasteiger partial charge in [-0.1, -0.05) is 78.5 Å². The van der Waals surface area contributed by atoms with Crippen molar-refractivity contribution in [2.24, 2.45) is 0 Å². The SMILES string of the molecule is O=c1[nH]c(CNc2nc(NCc3ccccc3Sc3ccccc3CO)nc3ccccc23)nc2c1=CC=CCC=2. The van der Waals surface area contributed by atoms with Crippen molar-refractivity contribution < 1.29 is 5.11 Å². The van der Waals surface area contributed by atoms with E-state index >= 15 is 0 Å². The van der Waals surface area contributed by atoms with Gasteiger partial charge >= 0.3 is 0 Å². The fraction of sp³-hybridized carbons (Fsp3) is 0.125. The van der Waals surface area contributed by atoms with Crippen molar-refractivity contribution in [3.63, 3.8) is 0 Å². The summed E-state index contributed by atoms with van der Waals surface area (Å²) in [5.41, 5.74) is 2.62. The average molecular weight is 561 g/mol. The molecule has 2 heterocycles.